The Morgan fingerprint density at radius 2 is 1.89 bits per heavy atom. The quantitative estimate of drug-likeness (QED) is 0.229. The number of nitrogens with one attached hydrogen (secondary N) is 2. The highest BCUT2D eigenvalue weighted by Gasteiger charge is 2.24. The van der Waals surface area contributed by atoms with Gasteiger partial charge in [-0.2, -0.15) is 16.9 Å². The monoisotopic (exact) mass is 538 g/mol. The Morgan fingerprint density at radius 1 is 1.08 bits per heavy atom. The molecule has 0 aliphatic heterocycles. The van der Waals surface area contributed by atoms with E-state index in [0.29, 0.717) is 11.2 Å². The van der Waals surface area contributed by atoms with Crippen LogP contribution in [0.3, 0.4) is 0 Å². The summed E-state index contributed by atoms with van der Waals surface area (Å²) in [6.45, 7) is 1.93. The largest absolute Gasteiger partial charge is 0.342 e. The van der Waals surface area contributed by atoms with Crippen LogP contribution < -0.4 is 5.32 Å². The predicted octanol–water partition coefficient (Wildman–Crippen LogP) is 6.56. The highest BCUT2D eigenvalue weighted by atomic mass is 32.2. The number of hydrogen-bond donors (Lipinski definition) is 2. The van der Waals surface area contributed by atoms with E-state index in [-0.39, 0.29) is 11.9 Å². The molecule has 1 atom stereocenters. The Kier molecular flexibility index (Phi) is 6.70. The highest BCUT2D eigenvalue weighted by Crippen LogP contribution is 2.31. The van der Waals surface area contributed by atoms with Gasteiger partial charge >= 0.3 is 0 Å². The molecule has 0 saturated heterocycles. The van der Waals surface area contributed by atoms with Crippen LogP contribution in [0.5, 0.6) is 0 Å². The van der Waals surface area contributed by atoms with Crippen molar-refractivity contribution in [3.05, 3.63) is 95.3 Å². The SMILES string of the molecule is CSCC[C@H](NC(=O)c1cc(-c2cccs2)nc2c1c(C)nn2-c1ccccc1)c1nc2ccccc2[nH]1. The number of thiophene rings is 1. The van der Waals surface area contributed by atoms with Crippen LogP contribution in [0.15, 0.2) is 78.2 Å². The van der Waals surface area contributed by atoms with Crippen LogP contribution in [0.4, 0.5) is 0 Å². The molecule has 9 heteroatoms. The number of para-hydroxylation sites is 3. The van der Waals surface area contributed by atoms with Crippen molar-refractivity contribution in [2.45, 2.75) is 19.4 Å². The Morgan fingerprint density at radius 3 is 2.66 bits per heavy atom. The summed E-state index contributed by atoms with van der Waals surface area (Å²) in [5, 5.41) is 10.8. The molecular formula is C29H26N6OS2. The number of carbonyl (C=O) groups excluding carboxylic acids is 1. The third kappa shape index (κ3) is 4.59. The second-order valence-corrected chi connectivity index (χ2v) is 10.9. The standard InChI is InChI=1S/C29H26N6OS2/c1-18-26-20(29(36)33-23(14-16-37-2)27-30-21-11-6-7-12-22(21)31-27)17-24(25-13-8-15-38-25)32-28(26)35(34-18)19-9-4-3-5-10-19/h3-13,15,17,23H,14,16H2,1-2H3,(H,30,31)(H,33,36)/t23-/m0/s1. The van der Waals surface area contributed by atoms with Crippen LogP contribution >= 0.6 is 23.1 Å². The minimum absolute atomic E-state index is 0.169. The van der Waals surface area contributed by atoms with Crippen molar-refractivity contribution in [1.29, 1.82) is 0 Å². The molecule has 2 aromatic carbocycles. The molecule has 0 bridgehead atoms. The van der Waals surface area contributed by atoms with E-state index in [2.05, 4.69) is 16.6 Å². The third-order valence-electron chi connectivity index (χ3n) is 6.49. The second-order valence-electron chi connectivity index (χ2n) is 9.01. The fraction of sp³-hybridized carbons (Fsp3) is 0.172. The molecule has 7 nitrogen and oxygen atoms in total. The van der Waals surface area contributed by atoms with E-state index in [9.17, 15) is 4.79 Å². The molecular weight excluding hydrogens is 512 g/mol. The number of imidazole rings is 1. The van der Waals surface area contributed by atoms with Crippen LogP contribution in [0.2, 0.25) is 0 Å². The van der Waals surface area contributed by atoms with Gasteiger partial charge in [0.15, 0.2) is 5.65 Å². The molecule has 4 aromatic heterocycles. The van der Waals surface area contributed by atoms with Crippen molar-refractivity contribution in [1.82, 2.24) is 30.0 Å². The number of aromatic nitrogens is 5. The number of fused-ring (bicyclic) bond motifs is 2. The average Bonchev–Trinajstić information content (AvgIpc) is 3.70. The van der Waals surface area contributed by atoms with Crippen molar-refractivity contribution in [3.63, 3.8) is 0 Å². The van der Waals surface area contributed by atoms with Gasteiger partial charge in [0.2, 0.25) is 0 Å². The van der Waals surface area contributed by atoms with E-state index in [1.54, 1.807) is 23.1 Å². The lowest BCUT2D eigenvalue weighted by Gasteiger charge is -2.17. The van der Waals surface area contributed by atoms with Crippen LogP contribution in [0.25, 0.3) is 38.3 Å². The molecule has 0 aliphatic rings. The number of aromatic amines is 1. The molecule has 1 amide bonds. The predicted molar refractivity (Wildman–Crippen MR) is 156 cm³/mol. The Labute approximate surface area is 228 Å². The molecule has 0 fully saturated rings. The Balaban J connectivity index is 1.46. The number of hydrogen-bond acceptors (Lipinski definition) is 6. The van der Waals surface area contributed by atoms with Gasteiger partial charge in [-0.3, -0.25) is 4.79 Å². The van der Waals surface area contributed by atoms with E-state index in [0.717, 1.165) is 56.4 Å². The van der Waals surface area contributed by atoms with Gasteiger partial charge in [-0.25, -0.2) is 14.6 Å². The molecule has 4 heterocycles. The fourth-order valence-corrected chi connectivity index (χ4v) is 5.81. The van der Waals surface area contributed by atoms with Gasteiger partial charge in [0.25, 0.3) is 5.91 Å². The number of thioether (sulfide) groups is 1. The molecule has 0 unspecified atom stereocenters. The van der Waals surface area contributed by atoms with Crippen LogP contribution in [-0.2, 0) is 0 Å². The number of H-pyrrole nitrogens is 1. The first-order chi connectivity index (χ1) is 18.6. The summed E-state index contributed by atoms with van der Waals surface area (Å²) >= 11 is 3.34. The molecule has 0 aliphatic carbocycles. The topological polar surface area (TPSA) is 88.5 Å². The number of nitrogens with zero attached hydrogens (tertiary/aromatic N) is 4. The van der Waals surface area contributed by atoms with E-state index < -0.39 is 0 Å². The van der Waals surface area contributed by atoms with E-state index in [1.165, 1.54) is 0 Å². The number of rotatable bonds is 8. The van der Waals surface area contributed by atoms with Crippen molar-refractivity contribution in [2.24, 2.45) is 0 Å². The molecule has 38 heavy (non-hydrogen) atoms. The van der Waals surface area contributed by atoms with Crippen LogP contribution in [0.1, 0.15) is 34.3 Å². The lowest BCUT2D eigenvalue weighted by atomic mass is 10.1. The number of carbonyl (C=O) groups is 1. The van der Waals surface area contributed by atoms with Gasteiger partial charge in [-0.15, -0.1) is 11.3 Å². The van der Waals surface area contributed by atoms with Crippen LogP contribution in [-0.4, -0.2) is 42.6 Å². The summed E-state index contributed by atoms with van der Waals surface area (Å²) in [5.74, 6) is 1.48. The van der Waals surface area contributed by atoms with Crippen molar-refractivity contribution >= 4 is 51.1 Å². The van der Waals surface area contributed by atoms with Crippen molar-refractivity contribution < 1.29 is 4.79 Å². The molecule has 0 spiro atoms. The van der Waals surface area contributed by atoms with E-state index >= 15 is 0 Å². The van der Waals surface area contributed by atoms with Gasteiger partial charge in [0.05, 0.1) is 50.0 Å². The van der Waals surface area contributed by atoms with Crippen molar-refractivity contribution in [3.8, 4) is 16.3 Å². The van der Waals surface area contributed by atoms with Gasteiger partial charge in [0, 0.05) is 0 Å². The minimum atomic E-state index is -0.264. The lowest BCUT2D eigenvalue weighted by Crippen LogP contribution is -2.30. The summed E-state index contributed by atoms with van der Waals surface area (Å²) in [4.78, 5) is 28.2. The molecule has 2 N–H and O–H groups in total. The molecule has 0 radical (unpaired) electrons. The number of aryl methyl sites for hydroxylation is 1. The van der Waals surface area contributed by atoms with Gasteiger partial charge in [0.1, 0.15) is 5.82 Å². The zero-order chi connectivity index (χ0) is 26.1. The second kappa shape index (κ2) is 10.4. The van der Waals surface area contributed by atoms with E-state index in [1.807, 2.05) is 89.8 Å². The Bertz CT molecular complexity index is 1690. The maximum atomic E-state index is 14.0. The summed E-state index contributed by atoms with van der Waals surface area (Å²) in [7, 11) is 0. The number of amides is 1. The zero-order valence-corrected chi connectivity index (χ0v) is 22.6. The highest BCUT2D eigenvalue weighted by molar-refractivity contribution is 7.98. The lowest BCUT2D eigenvalue weighted by molar-refractivity contribution is 0.0935. The van der Waals surface area contributed by atoms with Gasteiger partial charge in [-0.05, 0) is 67.1 Å². The zero-order valence-electron chi connectivity index (χ0n) is 21.0. The molecule has 6 rings (SSSR count). The van der Waals surface area contributed by atoms with Crippen molar-refractivity contribution in [2.75, 3.05) is 12.0 Å². The smallest absolute Gasteiger partial charge is 0.252 e. The maximum absolute atomic E-state index is 14.0. The molecule has 0 saturated carbocycles. The summed E-state index contributed by atoms with van der Waals surface area (Å²) in [6, 6.07) is 23.5. The number of pyridine rings is 1. The number of benzene rings is 2. The van der Waals surface area contributed by atoms with E-state index in [4.69, 9.17) is 15.1 Å². The Hall–Kier alpha value is -3.95. The first-order valence-electron chi connectivity index (χ1n) is 12.4. The minimum Gasteiger partial charge on any atom is -0.342 e. The summed E-state index contributed by atoms with van der Waals surface area (Å²) < 4.78 is 1.82. The first-order valence-corrected chi connectivity index (χ1v) is 14.6. The van der Waals surface area contributed by atoms with Crippen LogP contribution in [0, 0.1) is 6.92 Å². The first kappa shape index (κ1) is 24.4. The van der Waals surface area contributed by atoms with Gasteiger partial charge in [-0.1, -0.05) is 36.4 Å². The fourth-order valence-electron chi connectivity index (χ4n) is 4.65. The normalized spacial score (nSPS) is 12.3. The molecule has 6 aromatic rings. The third-order valence-corrected chi connectivity index (χ3v) is 8.02. The molecule has 190 valence electrons. The maximum Gasteiger partial charge on any atom is 0.252 e. The average molecular weight is 539 g/mol. The van der Waals surface area contributed by atoms with Gasteiger partial charge < -0.3 is 10.3 Å². The summed E-state index contributed by atoms with van der Waals surface area (Å²) in [6.07, 6.45) is 2.82. The summed E-state index contributed by atoms with van der Waals surface area (Å²) in [5.41, 5.74) is 5.46.